The zero-order valence-corrected chi connectivity index (χ0v) is 18.1. The molecule has 4 nitrogen and oxygen atoms in total. The number of fused-ring (bicyclic) bond motifs is 1. The topological polar surface area (TPSA) is 61.2 Å². The van der Waals surface area contributed by atoms with Gasteiger partial charge in [-0.15, -0.1) is 0 Å². The van der Waals surface area contributed by atoms with E-state index in [0.29, 0.717) is 36.9 Å². The third kappa shape index (κ3) is 4.33. The van der Waals surface area contributed by atoms with E-state index in [0.717, 1.165) is 16.7 Å². The first-order valence-corrected chi connectivity index (χ1v) is 11.7. The number of benzene rings is 3. The van der Waals surface area contributed by atoms with Gasteiger partial charge in [0.05, 0.1) is 22.2 Å². The Bertz CT molecular complexity index is 1250. The maximum atomic E-state index is 14.1. The number of sulfonamides is 1. The molecular formula is C25H23FN2O2S. The highest BCUT2D eigenvalue weighted by Crippen LogP contribution is 2.37. The van der Waals surface area contributed by atoms with Gasteiger partial charge >= 0.3 is 0 Å². The number of hydrogen-bond donors (Lipinski definition) is 0. The Hall–Kier alpha value is -3.17. The largest absolute Gasteiger partial charge is 0.264 e. The molecule has 0 bridgehead atoms. The third-order valence-corrected chi connectivity index (χ3v) is 7.64. The van der Waals surface area contributed by atoms with Crippen molar-refractivity contribution in [1.82, 2.24) is 0 Å². The molecule has 0 amide bonds. The number of anilines is 1. The molecule has 3 aromatic rings. The molecular weight excluding hydrogens is 411 g/mol. The quantitative estimate of drug-likeness (QED) is 0.558. The highest BCUT2D eigenvalue weighted by molar-refractivity contribution is 7.92. The van der Waals surface area contributed by atoms with Crippen LogP contribution in [-0.2, 0) is 22.9 Å². The van der Waals surface area contributed by atoms with Crippen LogP contribution < -0.4 is 4.31 Å². The van der Waals surface area contributed by atoms with Crippen molar-refractivity contribution in [2.45, 2.75) is 43.5 Å². The molecule has 4 rings (SSSR count). The molecule has 0 radical (unpaired) electrons. The lowest BCUT2D eigenvalue weighted by molar-refractivity contribution is 0.521. The van der Waals surface area contributed by atoms with Crippen molar-refractivity contribution in [3.05, 3.63) is 94.8 Å². The summed E-state index contributed by atoms with van der Waals surface area (Å²) in [6.07, 6.45) is 2.56. The van der Waals surface area contributed by atoms with Crippen LogP contribution in [0.2, 0.25) is 0 Å². The van der Waals surface area contributed by atoms with Crippen LogP contribution in [-0.4, -0.2) is 14.5 Å². The smallest absolute Gasteiger partial charge is 0.263 e. The van der Waals surface area contributed by atoms with E-state index in [4.69, 9.17) is 5.26 Å². The van der Waals surface area contributed by atoms with Crippen LogP contribution >= 0.6 is 0 Å². The van der Waals surface area contributed by atoms with Crippen molar-refractivity contribution >= 4 is 15.7 Å². The van der Waals surface area contributed by atoms with Crippen molar-refractivity contribution in [3.63, 3.8) is 0 Å². The summed E-state index contributed by atoms with van der Waals surface area (Å²) in [5.74, 6) is -0.453. The van der Waals surface area contributed by atoms with Crippen molar-refractivity contribution < 1.29 is 12.8 Å². The van der Waals surface area contributed by atoms with Gasteiger partial charge in [-0.1, -0.05) is 35.9 Å². The summed E-state index contributed by atoms with van der Waals surface area (Å²) in [5.41, 5.74) is 3.79. The molecule has 3 aromatic carbocycles. The fourth-order valence-electron chi connectivity index (χ4n) is 4.13. The van der Waals surface area contributed by atoms with Gasteiger partial charge in [-0.25, -0.2) is 12.8 Å². The van der Waals surface area contributed by atoms with E-state index in [1.807, 2.05) is 25.1 Å². The average molecular weight is 435 g/mol. The molecule has 0 spiro atoms. The lowest BCUT2D eigenvalue weighted by atomic mass is 9.93. The summed E-state index contributed by atoms with van der Waals surface area (Å²) in [4.78, 5) is 0.201. The Morgan fingerprint density at radius 3 is 2.61 bits per heavy atom. The van der Waals surface area contributed by atoms with Crippen molar-refractivity contribution in [3.8, 4) is 6.07 Å². The number of nitriles is 1. The van der Waals surface area contributed by atoms with Gasteiger partial charge in [0.25, 0.3) is 10.0 Å². The Labute approximate surface area is 182 Å². The maximum Gasteiger partial charge on any atom is 0.264 e. The van der Waals surface area contributed by atoms with Crippen LogP contribution in [0.5, 0.6) is 0 Å². The third-order valence-electron chi connectivity index (χ3n) is 5.76. The number of halogens is 1. The van der Waals surface area contributed by atoms with Gasteiger partial charge in [-0.3, -0.25) is 4.31 Å². The number of aryl methyl sites for hydroxylation is 3. The standard InChI is InChI=1S/C25H23FN2O2S/c1-18-5-13-24(14-6-18)31(29,30)28-23(11-7-19-3-2-4-20(15-19)17-27)12-9-21-8-10-22(26)16-25(21)28/h2-6,8,10,13-16,23H,7,9,11-12H2,1H3. The molecule has 1 aliphatic rings. The minimum Gasteiger partial charge on any atom is -0.263 e. The molecule has 6 heteroatoms. The van der Waals surface area contributed by atoms with Gasteiger partial charge in [0, 0.05) is 6.04 Å². The van der Waals surface area contributed by atoms with E-state index in [1.165, 1.54) is 16.4 Å². The Kier molecular flexibility index (Phi) is 5.79. The van der Waals surface area contributed by atoms with Gasteiger partial charge in [0.2, 0.25) is 0 Å². The lowest BCUT2D eigenvalue weighted by Crippen LogP contribution is -2.44. The normalized spacial score (nSPS) is 15.9. The minimum atomic E-state index is -3.86. The summed E-state index contributed by atoms with van der Waals surface area (Å²) in [6, 6.07) is 20.3. The molecule has 1 unspecified atom stereocenters. The molecule has 31 heavy (non-hydrogen) atoms. The molecule has 0 aromatic heterocycles. The first-order valence-electron chi connectivity index (χ1n) is 10.3. The molecule has 1 heterocycles. The van der Waals surface area contributed by atoms with Gasteiger partial charge in [-0.05, 0) is 80.1 Å². The fourth-order valence-corrected chi connectivity index (χ4v) is 5.87. The van der Waals surface area contributed by atoms with Crippen LogP contribution in [0.3, 0.4) is 0 Å². The zero-order chi connectivity index (χ0) is 22.0. The average Bonchev–Trinajstić information content (AvgIpc) is 2.77. The Balaban J connectivity index is 1.71. The minimum absolute atomic E-state index is 0.201. The molecule has 0 saturated heterocycles. The van der Waals surface area contributed by atoms with Gasteiger partial charge in [-0.2, -0.15) is 5.26 Å². The molecule has 1 aliphatic heterocycles. The van der Waals surface area contributed by atoms with Crippen LogP contribution in [0.15, 0.2) is 71.6 Å². The lowest BCUT2D eigenvalue weighted by Gasteiger charge is -2.38. The second-order valence-electron chi connectivity index (χ2n) is 7.93. The summed E-state index contributed by atoms with van der Waals surface area (Å²) in [7, 11) is -3.86. The van der Waals surface area contributed by atoms with Crippen molar-refractivity contribution in [1.29, 1.82) is 5.26 Å². The van der Waals surface area contributed by atoms with Gasteiger partial charge < -0.3 is 0 Å². The van der Waals surface area contributed by atoms with Crippen LogP contribution in [0, 0.1) is 24.1 Å². The van der Waals surface area contributed by atoms with Crippen LogP contribution in [0.4, 0.5) is 10.1 Å². The van der Waals surface area contributed by atoms with Crippen molar-refractivity contribution in [2.75, 3.05) is 4.31 Å². The predicted octanol–water partition coefficient (Wildman–Crippen LogP) is 5.15. The van der Waals surface area contributed by atoms with E-state index in [1.54, 1.807) is 36.4 Å². The Morgan fingerprint density at radius 1 is 1.10 bits per heavy atom. The summed E-state index contributed by atoms with van der Waals surface area (Å²) >= 11 is 0. The number of nitrogens with zero attached hydrogens (tertiary/aromatic N) is 2. The van der Waals surface area contributed by atoms with Gasteiger partial charge in [0.15, 0.2) is 0 Å². The van der Waals surface area contributed by atoms with E-state index in [2.05, 4.69) is 6.07 Å². The number of rotatable bonds is 5. The van der Waals surface area contributed by atoms with E-state index >= 15 is 0 Å². The summed E-state index contributed by atoms with van der Waals surface area (Å²) in [5, 5.41) is 9.14. The van der Waals surface area contributed by atoms with E-state index in [9.17, 15) is 12.8 Å². The first-order chi connectivity index (χ1) is 14.9. The highest BCUT2D eigenvalue weighted by Gasteiger charge is 2.36. The SMILES string of the molecule is Cc1ccc(S(=O)(=O)N2c3cc(F)ccc3CCC2CCc2cccc(C#N)c2)cc1. The van der Waals surface area contributed by atoms with Crippen LogP contribution in [0.1, 0.15) is 35.1 Å². The molecule has 0 aliphatic carbocycles. The van der Waals surface area contributed by atoms with Crippen molar-refractivity contribution in [2.24, 2.45) is 0 Å². The molecule has 0 fully saturated rings. The molecule has 158 valence electrons. The highest BCUT2D eigenvalue weighted by atomic mass is 32.2. The summed E-state index contributed by atoms with van der Waals surface area (Å²) < 4.78 is 42.8. The zero-order valence-electron chi connectivity index (χ0n) is 17.3. The molecule has 0 saturated carbocycles. The maximum absolute atomic E-state index is 14.1. The number of hydrogen-bond acceptors (Lipinski definition) is 3. The monoisotopic (exact) mass is 434 g/mol. The molecule has 0 N–H and O–H groups in total. The first kappa shape index (κ1) is 21.1. The second-order valence-corrected chi connectivity index (χ2v) is 9.75. The van der Waals surface area contributed by atoms with Gasteiger partial charge in [0.1, 0.15) is 5.82 Å². The van der Waals surface area contributed by atoms with E-state index in [-0.39, 0.29) is 10.9 Å². The van der Waals surface area contributed by atoms with Crippen LogP contribution in [0.25, 0.3) is 0 Å². The van der Waals surface area contributed by atoms with E-state index < -0.39 is 15.8 Å². The predicted molar refractivity (Wildman–Crippen MR) is 119 cm³/mol. The molecule has 1 atom stereocenters. The fraction of sp³-hybridized carbons (Fsp3) is 0.240. The Morgan fingerprint density at radius 2 is 1.87 bits per heavy atom. The second kappa shape index (κ2) is 8.52. The summed E-state index contributed by atoms with van der Waals surface area (Å²) in [6.45, 7) is 1.90.